The summed E-state index contributed by atoms with van der Waals surface area (Å²) in [7, 11) is 0.386. The van der Waals surface area contributed by atoms with Gasteiger partial charge >= 0.3 is 5.97 Å². The maximum atomic E-state index is 12.4. The maximum absolute atomic E-state index is 12.4. The van der Waals surface area contributed by atoms with E-state index >= 15 is 0 Å². The second-order valence-electron chi connectivity index (χ2n) is 7.69. The van der Waals surface area contributed by atoms with E-state index in [4.69, 9.17) is 0 Å². The van der Waals surface area contributed by atoms with Crippen molar-refractivity contribution in [2.24, 2.45) is 5.41 Å². The number of rotatable bonds is 7. The molecule has 0 aromatic heterocycles. The lowest BCUT2D eigenvalue weighted by molar-refractivity contribution is -0.147. The summed E-state index contributed by atoms with van der Waals surface area (Å²) >= 11 is 0. The third-order valence-electron chi connectivity index (χ3n) is 3.30. The molecule has 22 heavy (non-hydrogen) atoms. The molecule has 0 atom stereocenters. The molecule has 5 heteroatoms. The molecule has 0 spiro atoms. The van der Waals surface area contributed by atoms with Crippen LogP contribution in [0.1, 0.15) is 54.9 Å². The van der Waals surface area contributed by atoms with Gasteiger partial charge < -0.3 is 10.4 Å². The zero-order valence-electron chi connectivity index (χ0n) is 15.0. The number of allylic oxidation sites excluding steroid dienone is 2. The zero-order chi connectivity index (χ0) is 17.6. The van der Waals surface area contributed by atoms with Crippen molar-refractivity contribution in [1.82, 2.24) is 5.32 Å². The molecule has 0 fully saturated rings. The first kappa shape index (κ1) is 20.5. The molecule has 0 heterocycles. The van der Waals surface area contributed by atoms with E-state index in [-0.39, 0.29) is 11.1 Å². The molecule has 0 saturated carbocycles. The summed E-state index contributed by atoms with van der Waals surface area (Å²) in [5.74, 6) is -0.958. The molecular formula is C17H30BNO3. The summed E-state index contributed by atoms with van der Waals surface area (Å²) in [5.41, 5.74) is -1.73. The van der Waals surface area contributed by atoms with Crippen LogP contribution in [0.5, 0.6) is 0 Å². The third kappa shape index (κ3) is 6.96. The minimum atomic E-state index is -0.950. The van der Waals surface area contributed by atoms with Crippen LogP contribution < -0.4 is 5.32 Å². The fraction of sp³-hybridized carbons (Fsp3) is 0.647. The number of hydrogen-bond acceptors (Lipinski definition) is 2. The van der Waals surface area contributed by atoms with Crippen molar-refractivity contribution in [3.63, 3.8) is 0 Å². The van der Waals surface area contributed by atoms with E-state index in [0.29, 0.717) is 13.7 Å². The van der Waals surface area contributed by atoms with Crippen LogP contribution in [0, 0.1) is 5.41 Å². The van der Waals surface area contributed by atoms with Crippen molar-refractivity contribution in [3.05, 3.63) is 24.3 Å². The Morgan fingerprint density at radius 3 is 1.82 bits per heavy atom. The smallest absolute Gasteiger partial charge is 0.309 e. The highest BCUT2D eigenvalue weighted by Crippen LogP contribution is 2.31. The number of amides is 1. The van der Waals surface area contributed by atoms with Crippen LogP contribution in [0.4, 0.5) is 4.79 Å². The number of carbonyl (C=O) groups excluding carboxylic acids is 1. The zero-order valence-corrected chi connectivity index (χ0v) is 15.0. The fourth-order valence-corrected chi connectivity index (χ4v) is 2.49. The lowest BCUT2D eigenvalue weighted by Gasteiger charge is -2.35. The Balaban J connectivity index is 5.52. The normalized spacial score (nSPS) is 15.8. The summed E-state index contributed by atoms with van der Waals surface area (Å²) in [5, 5.41) is 12.3. The van der Waals surface area contributed by atoms with Gasteiger partial charge in [-0.3, -0.25) is 9.59 Å². The molecule has 0 bridgehead atoms. The van der Waals surface area contributed by atoms with Crippen LogP contribution in [0.2, 0.25) is 5.31 Å². The molecule has 0 aliphatic rings. The van der Waals surface area contributed by atoms with E-state index in [0.717, 1.165) is 0 Å². The van der Waals surface area contributed by atoms with Gasteiger partial charge in [0.05, 0.1) is 11.0 Å². The molecule has 0 rings (SSSR count). The summed E-state index contributed by atoms with van der Waals surface area (Å²) < 4.78 is 0. The van der Waals surface area contributed by atoms with Crippen molar-refractivity contribution in [2.45, 2.75) is 65.7 Å². The molecular weight excluding hydrogens is 277 g/mol. The van der Waals surface area contributed by atoms with Gasteiger partial charge in [-0.15, -0.1) is 0 Å². The number of carboxylic acid groups (broad SMARTS) is 1. The molecule has 0 aliphatic carbocycles. The molecule has 0 aromatic rings. The van der Waals surface area contributed by atoms with E-state index in [9.17, 15) is 14.7 Å². The Morgan fingerprint density at radius 1 is 1.05 bits per heavy atom. The van der Waals surface area contributed by atoms with Gasteiger partial charge in [0.15, 0.2) is 5.81 Å². The van der Waals surface area contributed by atoms with Gasteiger partial charge in [0, 0.05) is 0 Å². The van der Waals surface area contributed by atoms with E-state index in [2.05, 4.69) is 5.32 Å². The predicted octanol–water partition coefficient (Wildman–Crippen LogP) is 3.74. The van der Waals surface area contributed by atoms with Gasteiger partial charge in [0.2, 0.25) is 7.28 Å². The van der Waals surface area contributed by atoms with Crippen molar-refractivity contribution in [2.75, 3.05) is 0 Å². The second kappa shape index (κ2) is 7.66. The van der Waals surface area contributed by atoms with Crippen LogP contribution in [-0.2, 0) is 4.79 Å². The Labute approximate surface area is 135 Å². The first-order chi connectivity index (χ1) is 9.87. The van der Waals surface area contributed by atoms with Crippen LogP contribution in [0.15, 0.2) is 24.3 Å². The lowest BCUT2D eigenvalue weighted by Crippen LogP contribution is -2.51. The number of nitrogens with one attached hydrogen (secondary N) is 1. The Bertz CT molecular complexity index is 447. The summed E-state index contributed by atoms with van der Waals surface area (Å²) in [6.45, 7) is 13.1. The molecule has 1 amide bonds. The van der Waals surface area contributed by atoms with Crippen LogP contribution in [-0.4, -0.2) is 29.7 Å². The average Bonchev–Trinajstić information content (AvgIpc) is 2.25. The Kier molecular flexibility index (Phi) is 7.13. The van der Waals surface area contributed by atoms with Crippen molar-refractivity contribution < 1.29 is 14.7 Å². The molecule has 2 N–H and O–H groups in total. The highest BCUT2D eigenvalue weighted by molar-refractivity contribution is 6.75. The standard InChI is InChI=1S/C17H30BNO3/c1-8-10-17(11-9-2,12-16(6,7)13(20)21)19-14(22)18-15(3,4)5/h8-11,18H,12H2,1-7H3,(H,19,22)(H,20,21). The Morgan fingerprint density at radius 2 is 1.50 bits per heavy atom. The van der Waals surface area contributed by atoms with Gasteiger partial charge in [0.1, 0.15) is 0 Å². The topological polar surface area (TPSA) is 66.4 Å². The number of hydrogen-bond donors (Lipinski definition) is 2. The molecule has 124 valence electrons. The van der Waals surface area contributed by atoms with Gasteiger partial charge in [-0.2, -0.15) is 0 Å². The van der Waals surface area contributed by atoms with Crippen molar-refractivity contribution in [3.8, 4) is 0 Å². The molecule has 0 aromatic carbocycles. The number of carbonyl (C=O) groups is 2. The molecule has 0 saturated heterocycles. The molecule has 0 unspecified atom stereocenters. The van der Waals surface area contributed by atoms with Gasteiger partial charge in [0.25, 0.3) is 0 Å². The number of aliphatic carboxylic acids is 1. The third-order valence-corrected chi connectivity index (χ3v) is 3.30. The average molecular weight is 307 g/mol. The minimum absolute atomic E-state index is 0.0788. The van der Waals surface area contributed by atoms with Gasteiger partial charge in [-0.05, 0) is 34.1 Å². The van der Waals surface area contributed by atoms with E-state index in [1.807, 2.05) is 58.9 Å². The predicted molar refractivity (Wildman–Crippen MR) is 93.8 cm³/mol. The second-order valence-corrected chi connectivity index (χ2v) is 7.69. The fourth-order valence-electron chi connectivity index (χ4n) is 2.49. The lowest BCUT2D eigenvalue weighted by atomic mass is 9.54. The molecule has 4 nitrogen and oxygen atoms in total. The van der Waals surface area contributed by atoms with E-state index < -0.39 is 16.9 Å². The minimum Gasteiger partial charge on any atom is -0.481 e. The first-order valence-corrected chi connectivity index (χ1v) is 7.69. The van der Waals surface area contributed by atoms with E-state index in [1.54, 1.807) is 13.8 Å². The molecule has 0 radical (unpaired) electrons. The largest absolute Gasteiger partial charge is 0.481 e. The van der Waals surface area contributed by atoms with Gasteiger partial charge in [-0.1, -0.05) is 50.4 Å². The van der Waals surface area contributed by atoms with Crippen molar-refractivity contribution >= 4 is 19.1 Å². The van der Waals surface area contributed by atoms with Crippen LogP contribution in [0.3, 0.4) is 0 Å². The van der Waals surface area contributed by atoms with Crippen LogP contribution >= 0.6 is 0 Å². The summed E-state index contributed by atoms with van der Waals surface area (Å²) in [4.78, 5) is 23.8. The van der Waals surface area contributed by atoms with Gasteiger partial charge in [-0.25, -0.2) is 0 Å². The Hall–Kier alpha value is -1.52. The molecule has 0 aliphatic heterocycles. The maximum Gasteiger partial charge on any atom is 0.309 e. The van der Waals surface area contributed by atoms with Crippen LogP contribution in [0.25, 0.3) is 0 Å². The monoisotopic (exact) mass is 307 g/mol. The highest BCUT2D eigenvalue weighted by atomic mass is 16.4. The SMILES string of the molecule is CC=CC(C=CC)(CC(C)(C)C(=O)O)NC(=O)BC(C)(C)C. The quantitative estimate of drug-likeness (QED) is 0.556. The number of carboxylic acids is 1. The first-order valence-electron chi connectivity index (χ1n) is 7.69. The highest BCUT2D eigenvalue weighted by Gasteiger charge is 2.38. The summed E-state index contributed by atoms with van der Waals surface area (Å²) in [6.07, 6.45) is 7.70. The van der Waals surface area contributed by atoms with E-state index in [1.165, 1.54) is 0 Å². The van der Waals surface area contributed by atoms with Crippen molar-refractivity contribution in [1.29, 1.82) is 0 Å². The summed E-state index contributed by atoms with van der Waals surface area (Å²) in [6, 6.07) is 0.